The molecule has 3 N–H and O–H groups in total. The number of nitrogen functional groups attached to an aromatic ring is 1. The van der Waals surface area contributed by atoms with Crippen LogP contribution >= 0.6 is 15.9 Å². The first-order valence-corrected chi connectivity index (χ1v) is 6.75. The largest absolute Gasteiger partial charge is 0.397 e. The Balaban J connectivity index is 2.20. The number of nitrogens with one attached hydrogen (secondary N) is 1. The minimum Gasteiger partial charge on any atom is -0.397 e. The van der Waals surface area contributed by atoms with E-state index in [9.17, 15) is 0 Å². The molecule has 0 unspecified atom stereocenters. The maximum Gasteiger partial charge on any atom is 0.0639 e. The summed E-state index contributed by atoms with van der Waals surface area (Å²) in [5.74, 6) is 0.698. The molecule has 0 fully saturated rings. The SMILES string of the molecule is CC(C)CCOCCNc1cc(Br)ccc1N. The Kier molecular flexibility index (Phi) is 6.37. The number of hydrogen-bond donors (Lipinski definition) is 2. The molecule has 17 heavy (non-hydrogen) atoms. The van der Waals surface area contributed by atoms with E-state index in [-0.39, 0.29) is 0 Å². The number of benzene rings is 1. The number of anilines is 2. The van der Waals surface area contributed by atoms with Gasteiger partial charge in [0, 0.05) is 17.6 Å². The average molecular weight is 301 g/mol. The highest BCUT2D eigenvalue weighted by Crippen LogP contribution is 2.22. The fourth-order valence-corrected chi connectivity index (χ4v) is 1.72. The van der Waals surface area contributed by atoms with Gasteiger partial charge in [0.15, 0.2) is 0 Å². The maximum atomic E-state index is 5.85. The van der Waals surface area contributed by atoms with Gasteiger partial charge in [0.25, 0.3) is 0 Å². The number of nitrogens with two attached hydrogens (primary N) is 1. The number of rotatable bonds is 7. The minimum absolute atomic E-state index is 0.698. The molecule has 0 spiro atoms. The number of hydrogen-bond acceptors (Lipinski definition) is 3. The van der Waals surface area contributed by atoms with Gasteiger partial charge < -0.3 is 15.8 Å². The first-order chi connectivity index (χ1) is 8.09. The third-order valence-corrected chi connectivity index (χ3v) is 2.91. The Morgan fingerprint density at radius 3 is 2.82 bits per heavy atom. The van der Waals surface area contributed by atoms with Crippen molar-refractivity contribution in [2.24, 2.45) is 5.92 Å². The van der Waals surface area contributed by atoms with E-state index in [4.69, 9.17) is 10.5 Å². The summed E-state index contributed by atoms with van der Waals surface area (Å²) in [6.45, 7) is 6.71. The predicted octanol–water partition coefficient (Wildman–Crippen LogP) is 3.51. The molecule has 0 heterocycles. The van der Waals surface area contributed by atoms with Crippen LogP contribution in [-0.4, -0.2) is 19.8 Å². The summed E-state index contributed by atoms with van der Waals surface area (Å²) in [6.07, 6.45) is 1.11. The van der Waals surface area contributed by atoms with Crippen LogP contribution in [0.1, 0.15) is 20.3 Å². The van der Waals surface area contributed by atoms with Crippen LogP contribution in [0.3, 0.4) is 0 Å². The summed E-state index contributed by atoms with van der Waals surface area (Å²) in [4.78, 5) is 0. The lowest BCUT2D eigenvalue weighted by atomic mass is 10.1. The molecule has 1 rings (SSSR count). The predicted molar refractivity (Wildman–Crippen MR) is 77.3 cm³/mol. The molecule has 0 aliphatic carbocycles. The van der Waals surface area contributed by atoms with Crippen LogP contribution in [0.15, 0.2) is 22.7 Å². The summed E-state index contributed by atoms with van der Waals surface area (Å²) in [5, 5.41) is 3.26. The Morgan fingerprint density at radius 2 is 2.12 bits per heavy atom. The molecule has 0 atom stereocenters. The van der Waals surface area contributed by atoms with Gasteiger partial charge in [0.2, 0.25) is 0 Å². The third kappa shape index (κ3) is 5.94. The van der Waals surface area contributed by atoms with E-state index in [0.717, 1.165) is 35.4 Å². The van der Waals surface area contributed by atoms with Crippen molar-refractivity contribution in [1.29, 1.82) is 0 Å². The van der Waals surface area contributed by atoms with Crippen LogP contribution in [0.25, 0.3) is 0 Å². The van der Waals surface area contributed by atoms with Gasteiger partial charge in [-0.05, 0) is 30.5 Å². The first-order valence-electron chi connectivity index (χ1n) is 5.96. The van der Waals surface area contributed by atoms with E-state index >= 15 is 0 Å². The van der Waals surface area contributed by atoms with Crippen LogP contribution < -0.4 is 11.1 Å². The van der Waals surface area contributed by atoms with Gasteiger partial charge in [-0.2, -0.15) is 0 Å². The molecule has 0 bridgehead atoms. The van der Waals surface area contributed by atoms with Crippen molar-refractivity contribution in [2.75, 3.05) is 30.8 Å². The molecule has 1 aromatic carbocycles. The number of ether oxygens (including phenoxy) is 1. The van der Waals surface area contributed by atoms with Gasteiger partial charge in [0.1, 0.15) is 0 Å². The van der Waals surface area contributed by atoms with Crippen molar-refractivity contribution < 1.29 is 4.74 Å². The molecule has 0 aliphatic rings. The lowest BCUT2D eigenvalue weighted by molar-refractivity contribution is 0.132. The molecule has 96 valence electrons. The van der Waals surface area contributed by atoms with Gasteiger partial charge in [0.05, 0.1) is 18.0 Å². The topological polar surface area (TPSA) is 47.3 Å². The zero-order valence-electron chi connectivity index (χ0n) is 10.5. The Bertz CT molecular complexity index is 342. The van der Waals surface area contributed by atoms with Crippen molar-refractivity contribution >= 4 is 27.3 Å². The molecule has 0 aromatic heterocycles. The highest BCUT2D eigenvalue weighted by molar-refractivity contribution is 9.10. The van der Waals surface area contributed by atoms with Crippen LogP contribution in [-0.2, 0) is 4.74 Å². The van der Waals surface area contributed by atoms with E-state index in [1.54, 1.807) is 0 Å². The fourth-order valence-electron chi connectivity index (χ4n) is 1.36. The second kappa shape index (κ2) is 7.56. The molecule has 0 amide bonds. The second-order valence-corrected chi connectivity index (χ2v) is 5.37. The van der Waals surface area contributed by atoms with Gasteiger partial charge >= 0.3 is 0 Å². The molecular formula is C13H21BrN2O. The molecule has 3 nitrogen and oxygen atoms in total. The van der Waals surface area contributed by atoms with Crippen molar-refractivity contribution in [3.8, 4) is 0 Å². The zero-order chi connectivity index (χ0) is 12.7. The molecule has 4 heteroatoms. The van der Waals surface area contributed by atoms with Crippen molar-refractivity contribution in [3.05, 3.63) is 22.7 Å². The van der Waals surface area contributed by atoms with Crippen molar-refractivity contribution in [3.63, 3.8) is 0 Å². The van der Waals surface area contributed by atoms with E-state index in [1.165, 1.54) is 0 Å². The van der Waals surface area contributed by atoms with E-state index in [0.29, 0.717) is 12.5 Å². The van der Waals surface area contributed by atoms with Gasteiger partial charge in [-0.3, -0.25) is 0 Å². The highest BCUT2D eigenvalue weighted by atomic mass is 79.9. The molecule has 0 saturated heterocycles. The van der Waals surface area contributed by atoms with Gasteiger partial charge in [-0.25, -0.2) is 0 Å². The third-order valence-electron chi connectivity index (χ3n) is 2.42. The zero-order valence-corrected chi connectivity index (χ0v) is 12.1. The van der Waals surface area contributed by atoms with Gasteiger partial charge in [-0.15, -0.1) is 0 Å². The summed E-state index contributed by atoms with van der Waals surface area (Å²) in [5.41, 5.74) is 7.56. The molecule has 0 aliphatic heterocycles. The maximum absolute atomic E-state index is 5.85. The van der Waals surface area contributed by atoms with Crippen LogP contribution in [0.4, 0.5) is 11.4 Å². The average Bonchev–Trinajstić information content (AvgIpc) is 2.27. The summed E-state index contributed by atoms with van der Waals surface area (Å²) < 4.78 is 6.54. The standard InChI is InChI=1S/C13H21BrN2O/c1-10(2)5-7-17-8-6-16-13-9-11(14)3-4-12(13)15/h3-4,9-10,16H,5-8,15H2,1-2H3. The molecular weight excluding hydrogens is 280 g/mol. The summed E-state index contributed by atoms with van der Waals surface area (Å²) in [7, 11) is 0. The normalized spacial score (nSPS) is 10.8. The minimum atomic E-state index is 0.698. The van der Waals surface area contributed by atoms with Crippen LogP contribution in [0, 0.1) is 5.92 Å². The molecule has 0 saturated carbocycles. The van der Waals surface area contributed by atoms with Crippen molar-refractivity contribution in [1.82, 2.24) is 0 Å². The first kappa shape index (κ1) is 14.3. The van der Waals surface area contributed by atoms with E-state index in [2.05, 4.69) is 35.1 Å². The monoisotopic (exact) mass is 300 g/mol. The van der Waals surface area contributed by atoms with E-state index in [1.807, 2.05) is 18.2 Å². The fraction of sp³-hybridized carbons (Fsp3) is 0.538. The molecule has 0 radical (unpaired) electrons. The number of halogens is 1. The Morgan fingerprint density at radius 1 is 1.35 bits per heavy atom. The van der Waals surface area contributed by atoms with Crippen molar-refractivity contribution in [2.45, 2.75) is 20.3 Å². The quantitative estimate of drug-likeness (QED) is 0.598. The summed E-state index contributed by atoms with van der Waals surface area (Å²) >= 11 is 3.42. The van der Waals surface area contributed by atoms with Crippen LogP contribution in [0.5, 0.6) is 0 Å². The lowest BCUT2D eigenvalue weighted by Gasteiger charge is -2.10. The summed E-state index contributed by atoms with van der Waals surface area (Å²) in [6, 6.07) is 5.79. The second-order valence-electron chi connectivity index (χ2n) is 4.45. The molecule has 1 aromatic rings. The highest BCUT2D eigenvalue weighted by Gasteiger charge is 1.99. The van der Waals surface area contributed by atoms with Crippen LogP contribution in [0.2, 0.25) is 0 Å². The Labute approximate surface area is 112 Å². The van der Waals surface area contributed by atoms with Gasteiger partial charge in [-0.1, -0.05) is 29.8 Å². The Hall–Kier alpha value is -0.740. The van der Waals surface area contributed by atoms with E-state index < -0.39 is 0 Å². The smallest absolute Gasteiger partial charge is 0.0639 e. The lowest BCUT2D eigenvalue weighted by Crippen LogP contribution is -2.11.